The standard InChI is InChI=1S/C12H22N2/c1-2-3-4-5-6-7-10-14-11-8-13-9-12-14/h2-4,13H,1,5-12H2/b4-3-. The van der Waals surface area contributed by atoms with Crippen molar-refractivity contribution in [3.63, 3.8) is 0 Å². The van der Waals surface area contributed by atoms with Gasteiger partial charge in [-0.25, -0.2) is 0 Å². The average Bonchev–Trinajstić information content (AvgIpc) is 2.25. The highest BCUT2D eigenvalue weighted by Crippen LogP contribution is 2.00. The van der Waals surface area contributed by atoms with E-state index in [1.807, 2.05) is 12.2 Å². The number of piperazine rings is 1. The fraction of sp³-hybridized carbons (Fsp3) is 0.667. The summed E-state index contributed by atoms with van der Waals surface area (Å²) in [6.07, 6.45) is 9.89. The maximum absolute atomic E-state index is 3.65. The van der Waals surface area contributed by atoms with E-state index in [9.17, 15) is 0 Å². The van der Waals surface area contributed by atoms with E-state index < -0.39 is 0 Å². The number of hydrogen-bond acceptors (Lipinski definition) is 2. The molecule has 1 rings (SSSR count). The van der Waals surface area contributed by atoms with E-state index in [4.69, 9.17) is 0 Å². The molecule has 2 nitrogen and oxygen atoms in total. The van der Waals surface area contributed by atoms with Crippen LogP contribution in [0.3, 0.4) is 0 Å². The third-order valence-corrected chi connectivity index (χ3v) is 2.58. The Bertz CT molecular complexity index is 169. The van der Waals surface area contributed by atoms with Crippen LogP contribution in [-0.4, -0.2) is 37.6 Å². The quantitative estimate of drug-likeness (QED) is 0.512. The maximum atomic E-state index is 3.65. The molecule has 0 amide bonds. The number of rotatable bonds is 6. The van der Waals surface area contributed by atoms with Crippen LogP contribution in [0.1, 0.15) is 19.3 Å². The number of unbranched alkanes of at least 4 members (excludes halogenated alkanes) is 2. The van der Waals surface area contributed by atoms with E-state index in [1.54, 1.807) is 0 Å². The molecule has 0 atom stereocenters. The van der Waals surface area contributed by atoms with Crippen LogP contribution in [0, 0.1) is 0 Å². The van der Waals surface area contributed by atoms with Gasteiger partial charge in [-0.15, -0.1) is 0 Å². The predicted molar refractivity (Wildman–Crippen MR) is 62.5 cm³/mol. The second-order valence-corrected chi connectivity index (χ2v) is 3.75. The molecule has 0 aromatic rings. The van der Waals surface area contributed by atoms with Crippen molar-refractivity contribution in [1.82, 2.24) is 10.2 Å². The van der Waals surface area contributed by atoms with Crippen LogP contribution in [0.15, 0.2) is 24.8 Å². The van der Waals surface area contributed by atoms with Gasteiger partial charge in [0.15, 0.2) is 0 Å². The number of nitrogens with one attached hydrogen (secondary N) is 1. The van der Waals surface area contributed by atoms with E-state index >= 15 is 0 Å². The topological polar surface area (TPSA) is 15.3 Å². The van der Waals surface area contributed by atoms with Crippen molar-refractivity contribution in [1.29, 1.82) is 0 Å². The van der Waals surface area contributed by atoms with Gasteiger partial charge in [-0.3, -0.25) is 0 Å². The Kier molecular flexibility index (Phi) is 6.37. The second kappa shape index (κ2) is 7.77. The van der Waals surface area contributed by atoms with E-state index in [0.29, 0.717) is 0 Å². The van der Waals surface area contributed by atoms with Crippen LogP contribution in [-0.2, 0) is 0 Å². The summed E-state index contributed by atoms with van der Waals surface area (Å²) in [5, 5.41) is 3.37. The van der Waals surface area contributed by atoms with Crippen LogP contribution in [0.25, 0.3) is 0 Å². The molecule has 14 heavy (non-hydrogen) atoms. The molecule has 0 aromatic heterocycles. The van der Waals surface area contributed by atoms with Crippen molar-refractivity contribution in [3.05, 3.63) is 24.8 Å². The minimum atomic E-state index is 1.16. The van der Waals surface area contributed by atoms with E-state index in [0.717, 1.165) is 13.1 Å². The first kappa shape index (κ1) is 11.5. The first-order chi connectivity index (χ1) is 6.93. The molecular formula is C12H22N2. The molecule has 0 saturated carbocycles. The molecule has 80 valence electrons. The molecule has 1 heterocycles. The Balaban J connectivity index is 1.92. The Labute approximate surface area is 87.7 Å². The summed E-state index contributed by atoms with van der Waals surface area (Å²) < 4.78 is 0. The van der Waals surface area contributed by atoms with Crippen molar-refractivity contribution < 1.29 is 0 Å². The summed E-state index contributed by atoms with van der Waals surface area (Å²) in [4.78, 5) is 2.55. The van der Waals surface area contributed by atoms with Gasteiger partial charge in [0.2, 0.25) is 0 Å². The highest BCUT2D eigenvalue weighted by molar-refractivity contribution is 4.96. The van der Waals surface area contributed by atoms with E-state index in [2.05, 4.69) is 22.9 Å². The van der Waals surface area contributed by atoms with E-state index in [-0.39, 0.29) is 0 Å². The molecule has 1 fully saturated rings. The lowest BCUT2D eigenvalue weighted by Gasteiger charge is -2.26. The zero-order chi connectivity index (χ0) is 10.1. The van der Waals surface area contributed by atoms with Gasteiger partial charge >= 0.3 is 0 Å². The second-order valence-electron chi connectivity index (χ2n) is 3.75. The molecule has 1 aliphatic rings. The molecule has 0 aromatic carbocycles. The molecule has 1 N–H and O–H groups in total. The highest BCUT2D eigenvalue weighted by Gasteiger charge is 2.07. The Morgan fingerprint density at radius 2 is 2.00 bits per heavy atom. The van der Waals surface area contributed by atoms with Gasteiger partial charge in [-0.2, -0.15) is 0 Å². The van der Waals surface area contributed by atoms with Crippen LogP contribution in [0.4, 0.5) is 0 Å². The van der Waals surface area contributed by atoms with Gasteiger partial charge in [0.05, 0.1) is 0 Å². The summed E-state index contributed by atoms with van der Waals surface area (Å²) >= 11 is 0. The van der Waals surface area contributed by atoms with Crippen molar-refractivity contribution in [2.24, 2.45) is 0 Å². The van der Waals surface area contributed by atoms with Crippen molar-refractivity contribution in [3.8, 4) is 0 Å². The molecule has 1 aliphatic heterocycles. The van der Waals surface area contributed by atoms with Crippen molar-refractivity contribution in [2.75, 3.05) is 32.7 Å². The normalized spacial score (nSPS) is 18.9. The third kappa shape index (κ3) is 5.20. The molecular weight excluding hydrogens is 172 g/mol. The SMILES string of the molecule is C=C/C=C\CCCCN1CCNCC1. The summed E-state index contributed by atoms with van der Waals surface area (Å²) in [5.74, 6) is 0. The lowest BCUT2D eigenvalue weighted by molar-refractivity contribution is 0.237. The Morgan fingerprint density at radius 3 is 2.71 bits per heavy atom. The molecule has 0 unspecified atom stereocenters. The number of nitrogens with zero attached hydrogens (tertiary/aromatic N) is 1. The van der Waals surface area contributed by atoms with Gasteiger partial charge in [-0.05, 0) is 25.8 Å². The lowest BCUT2D eigenvalue weighted by Crippen LogP contribution is -2.43. The first-order valence-corrected chi connectivity index (χ1v) is 5.64. The smallest absolute Gasteiger partial charge is 0.0107 e. The molecule has 1 saturated heterocycles. The minimum absolute atomic E-state index is 1.16. The van der Waals surface area contributed by atoms with Gasteiger partial charge in [-0.1, -0.05) is 24.8 Å². The van der Waals surface area contributed by atoms with E-state index in [1.165, 1.54) is 38.9 Å². The van der Waals surface area contributed by atoms with Crippen LogP contribution in [0.5, 0.6) is 0 Å². The van der Waals surface area contributed by atoms with Crippen molar-refractivity contribution >= 4 is 0 Å². The molecule has 0 aliphatic carbocycles. The minimum Gasteiger partial charge on any atom is -0.314 e. The van der Waals surface area contributed by atoms with Crippen LogP contribution in [0.2, 0.25) is 0 Å². The Morgan fingerprint density at radius 1 is 1.21 bits per heavy atom. The van der Waals surface area contributed by atoms with Crippen molar-refractivity contribution in [2.45, 2.75) is 19.3 Å². The molecule has 0 bridgehead atoms. The largest absolute Gasteiger partial charge is 0.314 e. The fourth-order valence-corrected chi connectivity index (χ4v) is 1.72. The highest BCUT2D eigenvalue weighted by atomic mass is 15.2. The Hall–Kier alpha value is -0.600. The fourth-order valence-electron chi connectivity index (χ4n) is 1.72. The summed E-state index contributed by atoms with van der Waals surface area (Å²) in [5.41, 5.74) is 0. The average molecular weight is 194 g/mol. The van der Waals surface area contributed by atoms with Gasteiger partial charge < -0.3 is 10.2 Å². The zero-order valence-electron chi connectivity index (χ0n) is 9.04. The monoisotopic (exact) mass is 194 g/mol. The molecule has 2 heteroatoms. The van der Waals surface area contributed by atoms with Gasteiger partial charge in [0, 0.05) is 26.2 Å². The predicted octanol–water partition coefficient (Wildman–Crippen LogP) is 1.80. The number of allylic oxidation sites excluding steroid dienone is 3. The zero-order valence-corrected chi connectivity index (χ0v) is 9.04. The first-order valence-electron chi connectivity index (χ1n) is 5.64. The molecule has 0 radical (unpaired) electrons. The summed E-state index contributed by atoms with van der Waals surface area (Å²) in [6, 6.07) is 0. The molecule has 0 spiro atoms. The van der Waals surface area contributed by atoms with Crippen LogP contribution >= 0.6 is 0 Å². The van der Waals surface area contributed by atoms with Crippen LogP contribution < -0.4 is 5.32 Å². The number of hydrogen-bond donors (Lipinski definition) is 1. The summed E-state index contributed by atoms with van der Waals surface area (Å²) in [6.45, 7) is 9.69. The summed E-state index contributed by atoms with van der Waals surface area (Å²) in [7, 11) is 0. The third-order valence-electron chi connectivity index (χ3n) is 2.58. The van der Waals surface area contributed by atoms with Gasteiger partial charge in [0.25, 0.3) is 0 Å². The van der Waals surface area contributed by atoms with Gasteiger partial charge in [0.1, 0.15) is 0 Å². The lowest BCUT2D eigenvalue weighted by atomic mass is 10.2. The maximum Gasteiger partial charge on any atom is 0.0107 e.